The highest BCUT2D eigenvalue weighted by Gasteiger charge is 2.49. The van der Waals surface area contributed by atoms with Crippen LogP contribution in [0.4, 0.5) is 13.2 Å². The summed E-state index contributed by atoms with van der Waals surface area (Å²) in [5, 5.41) is 3.70. The molecule has 0 radical (unpaired) electrons. The highest BCUT2D eigenvalue weighted by Crippen LogP contribution is 2.26. The molecule has 0 amide bonds. The van der Waals surface area contributed by atoms with Crippen molar-refractivity contribution in [1.29, 1.82) is 0 Å². The smallest absolute Gasteiger partial charge is 0.481 e. The van der Waals surface area contributed by atoms with Gasteiger partial charge in [-0.25, -0.2) is 9.50 Å². The molecule has 3 aromatic rings. The molecule has 0 fully saturated rings. The van der Waals surface area contributed by atoms with E-state index in [1.807, 2.05) is 0 Å². The molecule has 0 bridgehead atoms. The number of pyridine rings is 1. The summed E-state index contributed by atoms with van der Waals surface area (Å²) in [4.78, 5) is 7.49. The van der Waals surface area contributed by atoms with Crippen molar-refractivity contribution in [2.75, 3.05) is 7.11 Å². The van der Waals surface area contributed by atoms with Crippen LogP contribution in [0.2, 0.25) is 0 Å². The fourth-order valence-corrected chi connectivity index (χ4v) is 2.31. The lowest BCUT2D eigenvalue weighted by molar-refractivity contribution is -0.0503. The topological polar surface area (TPSA) is 95.7 Å². The molecule has 3 aromatic heterocycles. The van der Waals surface area contributed by atoms with Crippen molar-refractivity contribution in [2.24, 2.45) is 0 Å². The number of hydrogen-bond acceptors (Lipinski definition) is 7. The number of hydrogen-bond donors (Lipinski definition) is 0. The largest absolute Gasteiger partial charge is 0.534 e. The number of alkyl halides is 3. The summed E-state index contributed by atoms with van der Waals surface area (Å²) in [6.07, 6.45) is 2.60. The second-order valence-corrected chi connectivity index (χ2v) is 6.21. The van der Waals surface area contributed by atoms with E-state index in [9.17, 15) is 21.6 Å². The first-order valence-electron chi connectivity index (χ1n) is 6.57. The molecule has 0 atom stereocenters. The lowest BCUT2D eigenvalue weighted by atomic mass is 10.2. The first-order valence-corrected chi connectivity index (χ1v) is 7.98. The van der Waals surface area contributed by atoms with Crippen LogP contribution in [0.15, 0.2) is 36.7 Å². The molecule has 3 rings (SSSR count). The Bertz CT molecular complexity index is 1020. The first-order chi connectivity index (χ1) is 11.7. The number of rotatable bonds is 4. The maximum atomic E-state index is 12.4. The number of fused-ring (bicyclic) bond motifs is 1. The van der Waals surface area contributed by atoms with Crippen molar-refractivity contribution in [2.45, 2.75) is 5.51 Å². The van der Waals surface area contributed by atoms with Gasteiger partial charge in [0, 0.05) is 17.8 Å². The monoisotopic (exact) mass is 374 g/mol. The van der Waals surface area contributed by atoms with Gasteiger partial charge in [0.2, 0.25) is 5.88 Å². The molecule has 0 aliphatic carbocycles. The third kappa shape index (κ3) is 3.20. The number of ether oxygens (including phenoxy) is 1. The van der Waals surface area contributed by atoms with Gasteiger partial charge in [0.15, 0.2) is 0 Å². The first kappa shape index (κ1) is 17.0. The van der Waals surface area contributed by atoms with E-state index in [2.05, 4.69) is 19.2 Å². The Labute approximate surface area is 139 Å². The summed E-state index contributed by atoms with van der Waals surface area (Å²) in [6.45, 7) is 0. The second-order valence-electron chi connectivity index (χ2n) is 4.67. The van der Waals surface area contributed by atoms with E-state index in [-0.39, 0.29) is 0 Å². The van der Waals surface area contributed by atoms with Gasteiger partial charge < -0.3 is 8.92 Å². The Hall–Kier alpha value is -2.89. The summed E-state index contributed by atoms with van der Waals surface area (Å²) in [5.74, 6) is 0.375. The fourth-order valence-electron chi connectivity index (χ4n) is 1.94. The predicted molar refractivity (Wildman–Crippen MR) is 78.4 cm³/mol. The van der Waals surface area contributed by atoms with E-state index in [4.69, 9.17) is 4.74 Å². The van der Waals surface area contributed by atoms with E-state index in [0.29, 0.717) is 22.7 Å². The minimum absolute atomic E-state index is 0.375. The molecule has 8 nitrogen and oxygen atoms in total. The average molecular weight is 374 g/mol. The van der Waals surface area contributed by atoms with Crippen LogP contribution in [0.25, 0.3) is 16.8 Å². The molecule has 3 heterocycles. The normalized spacial score (nSPS) is 12.3. The minimum Gasteiger partial charge on any atom is -0.481 e. The standard InChI is InChI=1S/C13H9F3N4O4S/c1-23-11-5-2-8(6-17-11)10-4-3-9-7-18-12(19-20(9)10)24-25(21,22)13(14,15)16/h2-7H,1H3. The molecular formula is C13H9F3N4O4S. The number of methoxy groups -OCH3 is 1. The predicted octanol–water partition coefficient (Wildman–Crippen LogP) is 2.03. The van der Waals surface area contributed by atoms with E-state index >= 15 is 0 Å². The van der Waals surface area contributed by atoms with Crippen LogP contribution in [-0.4, -0.2) is 40.6 Å². The average Bonchev–Trinajstić information content (AvgIpc) is 2.96. The van der Waals surface area contributed by atoms with Crippen LogP contribution in [0.5, 0.6) is 11.9 Å². The third-order valence-electron chi connectivity index (χ3n) is 3.09. The van der Waals surface area contributed by atoms with Crippen LogP contribution >= 0.6 is 0 Å². The van der Waals surface area contributed by atoms with Gasteiger partial charge in [-0.05, 0) is 18.2 Å². The van der Waals surface area contributed by atoms with Gasteiger partial charge in [-0.1, -0.05) is 0 Å². The molecule has 0 unspecified atom stereocenters. The van der Waals surface area contributed by atoms with Crippen LogP contribution in [0.1, 0.15) is 0 Å². The zero-order valence-electron chi connectivity index (χ0n) is 12.4. The maximum absolute atomic E-state index is 12.4. The molecule has 25 heavy (non-hydrogen) atoms. The van der Waals surface area contributed by atoms with E-state index in [1.165, 1.54) is 17.8 Å². The zero-order valence-corrected chi connectivity index (χ0v) is 13.2. The Morgan fingerprint density at radius 1 is 1.08 bits per heavy atom. The Kier molecular flexibility index (Phi) is 3.99. The molecule has 12 heteroatoms. The fraction of sp³-hybridized carbons (Fsp3) is 0.154. The SMILES string of the molecule is COc1ccc(-c2ccc3cnc(OS(=O)(=O)C(F)(F)F)nn23)cn1. The second kappa shape index (κ2) is 5.88. The van der Waals surface area contributed by atoms with Gasteiger partial charge in [-0.2, -0.15) is 26.6 Å². The summed E-state index contributed by atoms with van der Waals surface area (Å²) < 4.78 is 69.4. The van der Waals surface area contributed by atoms with Crippen LogP contribution in [-0.2, 0) is 10.1 Å². The maximum Gasteiger partial charge on any atom is 0.534 e. The summed E-state index contributed by atoms with van der Waals surface area (Å²) >= 11 is 0. The molecule has 0 N–H and O–H groups in total. The van der Waals surface area contributed by atoms with Gasteiger partial charge in [-0.3, -0.25) is 0 Å². The highest BCUT2D eigenvalue weighted by atomic mass is 32.2. The molecule has 0 saturated heterocycles. The number of halogens is 3. The molecule has 132 valence electrons. The minimum atomic E-state index is -5.86. The van der Waals surface area contributed by atoms with Crippen molar-refractivity contribution in [3.63, 3.8) is 0 Å². The van der Waals surface area contributed by atoms with Gasteiger partial charge in [0.25, 0.3) is 0 Å². The number of aromatic nitrogens is 4. The molecule has 0 saturated carbocycles. The third-order valence-corrected chi connectivity index (χ3v) is 4.02. The van der Waals surface area contributed by atoms with E-state index in [1.54, 1.807) is 24.3 Å². The lowest BCUT2D eigenvalue weighted by Crippen LogP contribution is -2.28. The summed E-state index contributed by atoms with van der Waals surface area (Å²) in [6, 6.07) is 5.50. The summed E-state index contributed by atoms with van der Waals surface area (Å²) in [5.41, 5.74) is -4.14. The van der Waals surface area contributed by atoms with Crippen molar-refractivity contribution < 1.29 is 30.5 Å². The zero-order chi connectivity index (χ0) is 18.2. The van der Waals surface area contributed by atoms with Gasteiger partial charge >= 0.3 is 21.6 Å². The van der Waals surface area contributed by atoms with Gasteiger partial charge in [0.05, 0.1) is 24.5 Å². The van der Waals surface area contributed by atoms with Gasteiger partial charge in [-0.15, -0.1) is 5.10 Å². The van der Waals surface area contributed by atoms with E-state index in [0.717, 1.165) is 6.20 Å². The lowest BCUT2D eigenvalue weighted by Gasteiger charge is -2.08. The van der Waals surface area contributed by atoms with E-state index < -0.39 is 21.6 Å². The van der Waals surface area contributed by atoms with Crippen molar-refractivity contribution in [3.8, 4) is 23.1 Å². The van der Waals surface area contributed by atoms with Crippen LogP contribution in [0.3, 0.4) is 0 Å². The molecule has 0 spiro atoms. The summed E-state index contributed by atoms with van der Waals surface area (Å²) in [7, 11) is -4.41. The highest BCUT2D eigenvalue weighted by molar-refractivity contribution is 7.87. The number of nitrogens with zero attached hydrogens (tertiary/aromatic N) is 4. The quantitative estimate of drug-likeness (QED) is 0.509. The van der Waals surface area contributed by atoms with Crippen molar-refractivity contribution in [1.82, 2.24) is 19.6 Å². The Balaban J connectivity index is 2.02. The Morgan fingerprint density at radius 3 is 2.44 bits per heavy atom. The van der Waals surface area contributed by atoms with Crippen LogP contribution in [0, 0.1) is 0 Å². The van der Waals surface area contributed by atoms with Crippen molar-refractivity contribution in [3.05, 3.63) is 36.7 Å². The molecule has 0 aliphatic heterocycles. The van der Waals surface area contributed by atoms with Crippen LogP contribution < -0.4 is 8.92 Å². The molecule has 0 aliphatic rings. The Morgan fingerprint density at radius 2 is 1.84 bits per heavy atom. The molecule has 0 aromatic carbocycles. The molecular weight excluding hydrogens is 365 g/mol. The van der Waals surface area contributed by atoms with Crippen molar-refractivity contribution >= 4 is 15.6 Å². The van der Waals surface area contributed by atoms with Gasteiger partial charge in [0.1, 0.15) is 0 Å².